The van der Waals surface area contributed by atoms with Crippen LogP contribution in [0.4, 0.5) is 14.5 Å². The number of carbonyl (C=O) groups excluding carboxylic acids is 1. The molecular weight excluding hydrogens is 461 g/mol. The van der Waals surface area contributed by atoms with Crippen LogP contribution in [0.3, 0.4) is 0 Å². The van der Waals surface area contributed by atoms with Crippen LogP contribution < -0.4 is 10.6 Å². The minimum Gasteiger partial charge on any atom is -0.480 e. The minimum absolute atomic E-state index is 0.0211. The van der Waals surface area contributed by atoms with Gasteiger partial charge >= 0.3 is 5.97 Å². The molecule has 9 heteroatoms. The van der Waals surface area contributed by atoms with Gasteiger partial charge in [0.25, 0.3) is 0 Å². The van der Waals surface area contributed by atoms with Crippen LogP contribution in [0.1, 0.15) is 44.2 Å². The topological polar surface area (TPSA) is 78.4 Å². The van der Waals surface area contributed by atoms with Crippen molar-refractivity contribution in [3.63, 3.8) is 0 Å². The molecular formula is C23H22Cl2F2N2O3. The largest absolute Gasteiger partial charge is 0.480 e. The Balaban J connectivity index is 2.06. The maximum absolute atomic E-state index is 15.3. The maximum Gasteiger partial charge on any atom is 0.321 e. The first kappa shape index (κ1) is 23.0. The normalized spacial score (nSPS) is 27.0. The van der Waals surface area contributed by atoms with E-state index in [0.29, 0.717) is 6.42 Å². The molecule has 4 rings (SSSR count). The van der Waals surface area contributed by atoms with E-state index in [2.05, 4.69) is 10.6 Å². The molecule has 1 saturated heterocycles. The Morgan fingerprint density at radius 1 is 1.19 bits per heavy atom. The molecule has 0 radical (unpaired) electrons. The standard InChI is InChI=1S/C23H22Cl2F2N2O3/c1-22(2,3)9-16-23(11-7-14(26)13(25)8-15(11)28-21(23)32)17(19(29-16)20(30)31)10-5-4-6-12(24)18(10)27/h4-8,16-17,19,29H,9H2,1-3H3,(H,28,32)(H,30,31)/t16-,17-,19+,23?/m1/s1. The maximum atomic E-state index is 15.3. The summed E-state index contributed by atoms with van der Waals surface area (Å²) in [6.45, 7) is 5.84. The molecule has 1 unspecified atom stereocenters. The molecule has 4 atom stereocenters. The van der Waals surface area contributed by atoms with Crippen molar-refractivity contribution in [2.75, 3.05) is 5.32 Å². The van der Waals surface area contributed by atoms with Crippen LogP contribution in [0.2, 0.25) is 10.0 Å². The average molecular weight is 483 g/mol. The van der Waals surface area contributed by atoms with E-state index in [0.717, 1.165) is 6.07 Å². The fraction of sp³-hybridized carbons (Fsp3) is 0.391. The molecule has 2 heterocycles. The second-order valence-corrected chi connectivity index (χ2v) is 10.4. The van der Waals surface area contributed by atoms with Crippen molar-refractivity contribution in [1.82, 2.24) is 5.32 Å². The first-order chi connectivity index (χ1) is 14.9. The summed E-state index contributed by atoms with van der Waals surface area (Å²) < 4.78 is 29.9. The van der Waals surface area contributed by atoms with Gasteiger partial charge in [0.2, 0.25) is 5.91 Å². The highest BCUT2D eigenvalue weighted by molar-refractivity contribution is 6.31. The smallest absolute Gasteiger partial charge is 0.321 e. The van der Waals surface area contributed by atoms with Gasteiger partial charge in [0.1, 0.15) is 23.1 Å². The molecule has 1 spiro atoms. The Hall–Kier alpha value is -2.22. The van der Waals surface area contributed by atoms with Crippen molar-refractivity contribution in [3.8, 4) is 0 Å². The molecule has 2 aromatic carbocycles. The molecule has 2 aromatic rings. The van der Waals surface area contributed by atoms with E-state index >= 15 is 4.39 Å². The third-order valence-corrected chi connectivity index (χ3v) is 6.86. The lowest BCUT2D eigenvalue weighted by Crippen LogP contribution is -2.49. The van der Waals surface area contributed by atoms with E-state index in [1.165, 1.54) is 24.3 Å². The Bertz CT molecular complexity index is 1130. The summed E-state index contributed by atoms with van der Waals surface area (Å²) in [4.78, 5) is 26.0. The van der Waals surface area contributed by atoms with E-state index in [1.54, 1.807) is 0 Å². The number of hydrogen-bond acceptors (Lipinski definition) is 3. The van der Waals surface area contributed by atoms with Crippen molar-refractivity contribution in [2.45, 2.75) is 50.6 Å². The summed E-state index contributed by atoms with van der Waals surface area (Å²) in [6, 6.07) is 4.67. The number of rotatable bonds is 3. The summed E-state index contributed by atoms with van der Waals surface area (Å²) >= 11 is 12.0. The van der Waals surface area contributed by atoms with Crippen LogP contribution in [-0.4, -0.2) is 29.1 Å². The van der Waals surface area contributed by atoms with Crippen molar-refractivity contribution >= 4 is 40.8 Å². The van der Waals surface area contributed by atoms with Crippen LogP contribution in [0, 0.1) is 17.0 Å². The van der Waals surface area contributed by atoms with E-state index < -0.39 is 46.9 Å². The second kappa shape index (κ2) is 7.68. The summed E-state index contributed by atoms with van der Waals surface area (Å²) in [5.74, 6) is -4.53. The van der Waals surface area contributed by atoms with Crippen molar-refractivity contribution in [1.29, 1.82) is 0 Å². The van der Waals surface area contributed by atoms with Crippen LogP contribution in [0.5, 0.6) is 0 Å². The van der Waals surface area contributed by atoms with Crippen molar-refractivity contribution in [3.05, 3.63) is 63.1 Å². The molecule has 1 fully saturated rings. The molecule has 5 nitrogen and oxygen atoms in total. The number of aliphatic carboxylic acids is 1. The number of carboxylic acids is 1. The monoisotopic (exact) mass is 482 g/mol. The van der Waals surface area contributed by atoms with Gasteiger partial charge in [0.05, 0.1) is 10.0 Å². The highest BCUT2D eigenvalue weighted by atomic mass is 35.5. The highest BCUT2D eigenvalue weighted by Crippen LogP contribution is 2.57. The van der Waals surface area contributed by atoms with Crippen molar-refractivity contribution < 1.29 is 23.5 Å². The van der Waals surface area contributed by atoms with Gasteiger partial charge in [-0.2, -0.15) is 0 Å². The van der Waals surface area contributed by atoms with Crippen LogP contribution >= 0.6 is 23.2 Å². The Kier molecular flexibility index (Phi) is 5.51. The molecule has 0 aliphatic carbocycles. The van der Waals surface area contributed by atoms with Gasteiger partial charge in [-0.3, -0.25) is 14.9 Å². The quantitative estimate of drug-likeness (QED) is 0.568. The third-order valence-electron chi connectivity index (χ3n) is 6.28. The minimum atomic E-state index is -1.59. The van der Waals surface area contributed by atoms with E-state index in [9.17, 15) is 19.1 Å². The zero-order chi connectivity index (χ0) is 23.6. The van der Waals surface area contributed by atoms with Crippen LogP contribution in [0.25, 0.3) is 0 Å². The van der Waals surface area contributed by atoms with E-state index in [4.69, 9.17) is 23.2 Å². The Morgan fingerprint density at radius 2 is 1.88 bits per heavy atom. The van der Waals surface area contributed by atoms with Gasteiger partial charge in [-0.15, -0.1) is 0 Å². The summed E-state index contributed by atoms with van der Waals surface area (Å²) in [7, 11) is 0. The number of amides is 1. The molecule has 0 aromatic heterocycles. The summed E-state index contributed by atoms with van der Waals surface area (Å²) in [5.41, 5.74) is -1.42. The predicted molar refractivity (Wildman–Crippen MR) is 118 cm³/mol. The van der Waals surface area contributed by atoms with Gasteiger partial charge < -0.3 is 10.4 Å². The fourth-order valence-electron chi connectivity index (χ4n) is 5.15. The zero-order valence-electron chi connectivity index (χ0n) is 17.6. The first-order valence-corrected chi connectivity index (χ1v) is 10.9. The number of carboxylic acid groups (broad SMARTS) is 1. The number of fused-ring (bicyclic) bond motifs is 2. The van der Waals surface area contributed by atoms with Gasteiger partial charge in [0, 0.05) is 17.6 Å². The molecule has 170 valence electrons. The van der Waals surface area contributed by atoms with Gasteiger partial charge in [-0.1, -0.05) is 56.1 Å². The molecule has 1 amide bonds. The molecule has 0 bridgehead atoms. The lowest BCUT2D eigenvalue weighted by atomic mass is 9.62. The number of carbonyl (C=O) groups is 2. The second-order valence-electron chi connectivity index (χ2n) is 9.56. The van der Waals surface area contributed by atoms with Gasteiger partial charge in [0.15, 0.2) is 0 Å². The lowest BCUT2D eigenvalue weighted by molar-refractivity contribution is -0.139. The molecule has 3 N–H and O–H groups in total. The zero-order valence-corrected chi connectivity index (χ0v) is 19.1. The first-order valence-electron chi connectivity index (χ1n) is 10.1. The molecule has 32 heavy (non-hydrogen) atoms. The third kappa shape index (κ3) is 3.38. The Morgan fingerprint density at radius 3 is 2.50 bits per heavy atom. The number of hydrogen-bond donors (Lipinski definition) is 3. The Labute approximate surface area is 194 Å². The van der Waals surface area contributed by atoms with E-state index in [1.807, 2.05) is 20.8 Å². The molecule has 2 aliphatic heterocycles. The van der Waals surface area contributed by atoms with Gasteiger partial charge in [-0.25, -0.2) is 8.78 Å². The summed E-state index contributed by atoms with van der Waals surface area (Å²) in [5, 5.41) is 15.5. The number of anilines is 1. The molecule has 0 saturated carbocycles. The number of nitrogens with one attached hydrogen (secondary N) is 2. The van der Waals surface area contributed by atoms with Crippen LogP contribution in [-0.2, 0) is 15.0 Å². The van der Waals surface area contributed by atoms with E-state index in [-0.39, 0.29) is 32.3 Å². The molecule has 2 aliphatic rings. The fourth-order valence-corrected chi connectivity index (χ4v) is 5.50. The van der Waals surface area contributed by atoms with Crippen molar-refractivity contribution in [2.24, 2.45) is 5.41 Å². The number of halogens is 4. The van der Waals surface area contributed by atoms with Gasteiger partial charge in [-0.05, 0) is 41.2 Å². The lowest BCUT2D eigenvalue weighted by Gasteiger charge is -2.37. The number of benzene rings is 2. The SMILES string of the molecule is CC(C)(C)C[C@H]1N[C@H](C(=O)O)[C@@H](c2cccc(Cl)c2F)C12C(=O)Nc1cc(Cl)c(F)cc12. The van der Waals surface area contributed by atoms with Crippen LogP contribution in [0.15, 0.2) is 30.3 Å². The average Bonchev–Trinajstić information content (AvgIpc) is 3.14. The highest BCUT2D eigenvalue weighted by Gasteiger charge is 2.66. The predicted octanol–water partition coefficient (Wildman–Crippen LogP) is 5.11. The summed E-state index contributed by atoms with van der Waals surface area (Å²) in [6.07, 6.45) is 0.368.